The van der Waals surface area contributed by atoms with Gasteiger partial charge in [-0.25, -0.2) is 0 Å². The molecule has 0 aliphatic heterocycles. The number of hydrogen-bond donors (Lipinski definition) is 2. The smallest absolute Gasteiger partial charge is 0.120 e. The number of phenolic OH excluding ortho intramolecular Hbond substituents is 2. The van der Waals surface area contributed by atoms with Crippen LogP contribution in [-0.4, -0.2) is 10.2 Å². The summed E-state index contributed by atoms with van der Waals surface area (Å²) in [7, 11) is 0. The molecule has 2 heteroatoms. The quantitative estimate of drug-likeness (QED) is 0.312. The van der Waals surface area contributed by atoms with E-state index in [1.54, 1.807) is 12.1 Å². The molecule has 5 aromatic carbocycles. The van der Waals surface area contributed by atoms with Crippen molar-refractivity contribution >= 4 is 21.5 Å². The highest BCUT2D eigenvalue weighted by Crippen LogP contribution is 2.46. The number of aromatic hydroxyl groups is 2. The van der Waals surface area contributed by atoms with Gasteiger partial charge in [0.05, 0.1) is 0 Å². The van der Waals surface area contributed by atoms with E-state index in [0.29, 0.717) is 0 Å². The summed E-state index contributed by atoms with van der Waals surface area (Å²) < 4.78 is 0. The van der Waals surface area contributed by atoms with Crippen LogP contribution >= 0.6 is 0 Å². The van der Waals surface area contributed by atoms with Gasteiger partial charge in [-0.15, -0.1) is 0 Å². The number of hydrogen-bond acceptors (Lipinski definition) is 2. The molecule has 2 nitrogen and oxygen atoms in total. The summed E-state index contributed by atoms with van der Waals surface area (Å²) in [5, 5.41) is 26.3. The Bertz CT molecular complexity index is 1300. The van der Waals surface area contributed by atoms with Crippen molar-refractivity contribution in [2.45, 2.75) is 19.3 Å². The largest absolute Gasteiger partial charge is 0.508 e. The Kier molecular flexibility index (Phi) is 4.83. The Morgan fingerprint density at radius 2 is 1.06 bits per heavy atom. The van der Waals surface area contributed by atoms with Crippen LogP contribution in [0.4, 0.5) is 0 Å². The first-order valence-electron chi connectivity index (χ1n) is 10.7. The first kappa shape index (κ1) is 19.2. The maximum absolute atomic E-state index is 11.1. The third-order valence-corrected chi connectivity index (χ3v) is 6.19. The van der Waals surface area contributed by atoms with Gasteiger partial charge >= 0.3 is 0 Å². The molecule has 0 atom stereocenters. The van der Waals surface area contributed by atoms with Crippen LogP contribution in [0, 0.1) is 0 Å². The Hall–Kier alpha value is -3.78. The molecule has 0 unspecified atom stereocenters. The minimum atomic E-state index is -0.317. The molecule has 0 aliphatic rings. The zero-order chi connectivity index (χ0) is 21.4. The van der Waals surface area contributed by atoms with E-state index < -0.39 is 0 Å². The molecule has 0 amide bonds. The fourth-order valence-electron chi connectivity index (χ4n) is 4.60. The van der Waals surface area contributed by atoms with Gasteiger partial charge in [-0.1, -0.05) is 91.9 Å². The third-order valence-electron chi connectivity index (χ3n) is 6.19. The van der Waals surface area contributed by atoms with E-state index in [2.05, 4.69) is 43.3 Å². The van der Waals surface area contributed by atoms with E-state index in [1.807, 2.05) is 48.5 Å². The van der Waals surface area contributed by atoms with Crippen molar-refractivity contribution < 1.29 is 10.2 Å². The zero-order valence-corrected chi connectivity index (χ0v) is 17.4. The van der Waals surface area contributed by atoms with Gasteiger partial charge in [0.15, 0.2) is 0 Å². The van der Waals surface area contributed by atoms with Crippen molar-refractivity contribution in [1.29, 1.82) is 0 Å². The lowest BCUT2D eigenvalue weighted by atomic mass is 9.79. The van der Waals surface area contributed by atoms with Crippen LogP contribution in [0.1, 0.15) is 35.1 Å². The topological polar surface area (TPSA) is 40.5 Å². The predicted molar refractivity (Wildman–Crippen MR) is 128 cm³/mol. The van der Waals surface area contributed by atoms with Crippen molar-refractivity contribution in [1.82, 2.24) is 0 Å². The van der Waals surface area contributed by atoms with Gasteiger partial charge in [-0.05, 0) is 51.2 Å². The number of rotatable bonds is 4. The van der Waals surface area contributed by atoms with E-state index >= 15 is 0 Å². The van der Waals surface area contributed by atoms with Crippen LogP contribution in [0.2, 0.25) is 0 Å². The first-order valence-corrected chi connectivity index (χ1v) is 10.7. The van der Waals surface area contributed by atoms with Crippen LogP contribution in [0.3, 0.4) is 0 Å². The molecular weight excluding hydrogens is 380 g/mol. The third kappa shape index (κ3) is 3.30. The average Bonchev–Trinajstić information content (AvgIpc) is 2.82. The summed E-state index contributed by atoms with van der Waals surface area (Å²) in [5.41, 5.74) is 3.92. The van der Waals surface area contributed by atoms with Gasteiger partial charge in [0.25, 0.3) is 0 Å². The van der Waals surface area contributed by atoms with E-state index in [0.717, 1.165) is 44.7 Å². The molecule has 0 aromatic heterocycles. The number of phenols is 2. The number of benzene rings is 5. The Labute approximate surface area is 182 Å². The summed E-state index contributed by atoms with van der Waals surface area (Å²) in [6, 6.07) is 32.1. The summed E-state index contributed by atoms with van der Waals surface area (Å²) in [6.45, 7) is 2.14. The lowest BCUT2D eigenvalue weighted by Gasteiger charge is -2.24. The Morgan fingerprint density at radius 1 is 0.581 bits per heavy atom. The number of aryl methyl sites for hydroxylation is 1. The summed E-state index contributed by atoms with van der Waals surface area (Å²) in [4.78, 5) is 0. The summed E-state index contributed by atoms with van der Waals surface area (Å²) >= 11 is 0. The molecule has 0 aliphatic carbocycles. The fourth-order valence-corrected chi connectivity index (χ4v) is 4.60. The molecule has 0 saturated heterocycles. The molecule has 0 bridgehead atoms. The van der Waals surface area contributed by atoms with Crippen molar-refractivity contribution in [3.05, 3.63) is 119 Å². The fraction of sp³-hybridized carbons (Fsp3) is 0.103. The van der Waals surface area contributed by atoms with Crippen molar-refractivity contribution in [3.63, 3.8) is 0 Å². The van der Waals surface area contributed by atoms with E-state index in [-0.39, 0.29) is 17.4 Å². The maximum Gasteiger partial charge on any atom is 0.120 e. The highest BCUT2D eigenvalue weighted by atomic mass is 16.3. The van der Waals surface area contributed by atoms with E-state index in [1.165, 1.54) is 5.56 Å². The lowest BCUT2D eigenvalue weighted by Crippen LogP contribution is -2.06. The van der Waals surface area contributed by atoms with E-state index in [9.17, 15) is 10.2 Å². The monoisotopic (exact) mass is 404 g/mol. The highest BCUT2D eigenvalue weighted by Gasteiger charge is 2.26. The molecule has 0 radical (unpaired) electrons. The van der Waals surface area contributed by atoms with Crippen LogP contribution in [-0.2, 0) is 6.42 Å². The highest BCUT2D eigenvalue weighted by molar-refractivity contribution is 5.93. The predicted octanol–water partition coefficient (Wildman–Crippen LogP) is 7.15. The molecule has 31 heavy (non-hydrogen) atoms. The Balaban J connectivity index is 1.89. The van der Waals surface area contributed by atoms with Crippen LogP contribution in [0.15, 0.2) is 97.1 Å². The molecule has 0 saturated carbocycles. The maximum atomic E-state index is 11.1. The molecule has 0 fully saturated rings. The van der Waals surface area contributed by atoms with Gasteiger partial charge < -0.3 is 10.2 Å². The van der Waals surface area contributed by atoms with Gasteiger partial charge in [0, 0.05) is 17.0 Å². The second kappa shape index (κ2) is 7.81. The second-order valence-corrected chi connectivity index (χ2v) is 7.97. The molecule has 0 heterocycles. The zero-order valence-electron chi connectivity index (χ0n) is 17.4. The summed E-state index contributed by atoms with van der Waals surface area (Å²) in [5.74, 6) is 0.148. The summed E-state index contributed by atoms with van der Waals surface area (Å²) in [6.07, 6.45) is 0.962. The van der Waals surface area contributed by atoms with Crippen molar-refractivity contribution in [2.24, 2.45) is 0 Å². The molecule has 5 rings (SSSR count). The van der Waals surface area contributed by atoms with Gasteiger partial charge in [0.2, 0.25) is 0 Å². The lowest BCUT2D eigenvalue weighted by molar-refractivity contribution is 0.460. The molecule has 2 N–H and O–H groups in total. The minimum Gasteiger partial charge on any atom is -0.508 e. The SMILES string of the molecule is CCc1ccc(C(c2c(O)ccc3ccccc23)c2c(O)ccc3ccccc23)cc1. The standard InChI is InChI=1S/C29H24O2/c1-2-19-11-13-22(14-12-19)27(28-23-9-5-3-7-20(23)15-17-25(28)30)29-24-10-6-4-8-21(24)16-18-26(29)31/h3-18,27,30-31H,2H2,1H3. The van der Waals surface area contributed by atoms with Crippen molar-refractivity contribution in [3.8, 4) is 11.5 Å². The van der Waals surface area contributed by atoms with Gasteiger partial charge in [-0.2, -0.15) is 0 Å². The molecule has 5 aromatic rings. The average molecular weight is 405 g/mol. The minimum absolute atomic E-state index is 0.232. The van der Waals surface area contributed by atoms with E-state index in [4.69, 9.17) is 0 Å². The van der Waals surface area contributed by atoms with Crippen LogP contribution in [0.25, 0.3) is 21.5 Å². The Morgan fingerprint density at radius 3 is 1.55 bits per heavy atom. The van der Waals surface area contributed by atoms with Crippen LogP contribution < -0.4 is 0 Å². The first-order chi connectivity index (χ1) is 15.2. The molecule has 152 valence electrons. The molecular formula is C29H24O2. The van der Waals surface area contributed by atoms with Crippen molar-refractivity contribution in [2.75, 3.05) is 0 Å². The van der Waals surface area contributed by atoms with Gasteiger partial charge in [0.1, 0.15) is 11.5 Å². The normalized spacial score (nSPS) is 11.4. The number of fused-ring (bicyclic) bond motifs is 2. The second-order valence-electron chi connectivity index (χ2n) is 7.97. The molecule has 0 spiro atoms. The van der Waals surface area contributed by atoms with Crippen LogP contribution in [0.5, 0.6) is 11.5 Å². The van der Waals surface area contributed by atoms with Gasteiger partial charge in [-0.3, -0.25) is 0 Å².